The number of hydrogen-bond acceptors (Lipinski definition) is 5. The van der Waals surface area contributed by atoms with Gasteiger partial charge in [-0.05, 0) is 17.7 Å². The normalized spacial score (nSPS) is 24.5. The Balaban J connectivity index is 1.67. The Morgan fingerprint density at radius 3 is 2.64 bits per heavy atom. The number of β-lactam (4-membered cyclic amide) rings is 1. The lowest BCUT2D eigenvalue weighted by Gasteiger charge is -2.43. The highest BCUT2D eigenvalue weighted by molar-refractivity contribution is 5.98. The number of phenols is 1. The van der Waals surface area contributed by atoms with Crippen LogP contribution in [0.2, 0.25) is 0 Å². The van der Waals surface area contributed by atoms with E-state index in [1.807, 2.05) is 0 Å². The van der Waals surface area contributed by atoms with Crippen LogP contribution in [0.5, 0.6) is 5.75 Å². The molecule has 0 saturated carbocycles. The fourth-order valence-corrected chi connectivity index (χ4v) is 3.30. The van der Waals surface area contributed by atoms with E-state index in [0.29, 0.717) is 5.56 Å². The molecular weight excluding hydrogens is 330 g/mol. The Bertz CT molecular complexity index is 764. The maximum atomic E-state index is 12.2. The number of benzene rings is 1. The molecule has 9 heteroatoms. The van der Waals surface area contributed by atoms with E-state index in [0.717, 1.165) is 9.80 Å². The number of nitrogens with zero attached hydrogens (tertiary/aromatic N) is 2. The minimum atomic E-state index is -1.32. The number of amides is 3. The van der Waals surface area contributed by atoms with Crippen molar-refractivity contribution < 1.29 is 29.4 Å². The molecule has 0 aliphatic carbocycles. The SMILES string of the molecule is CC(=O)N1CC2[C@H](NC(=O)Cc3cccc(O)c3)C(=O)N2C1C(=O)O. The molecule has 0 spiro atoms. The van der Waals surface area contributed by atoms with E-state index >= 15 is 0 Å². The largest absolute Gasteiger partial charge is 0.508 e. The molecule has 0 radical (unpaired) electrons. The Morgan fingerprint density at radius 2 is 2.04 bits per heavy atom. The van der Waals surface area contributed by atoms with Crippen LogP contribution in [0.25, 0.3) is 0 Å². The van der Waals surface area contributed by atoms with Crippen LogP contribution < -0.4 is 5.32 Å². The number of rotatable bonds is 4. The van der Waals surface area contributed by atoms with Crippen molar-refractivity contribution in [3.63, 3.8) is 0 Å². The van der Waals surface area contributed by atoms with E-state index < -0.39 is 41.9 Å². The molecule has 0 aromatic heterocycles. The van der Waals surface area contributed by atoms with Gasteiger partial charge in [0.2, 0.25) is 23.9 Å². The highest BCUT2D eigenvalue weighted by Crippen LogP contribution is 2.32. The van der Waals surface area contributed by atoms with E-state index in [2.05, 4.69) is 5.32 Å². The van der Waals surface area contributed by atoms with Crippen LogP contribution >= 0.6 is 0 Å². The predicted octanol–water partition coefficient (Wildman–Crippen LogP) is -1.10. The Morgan fingerprint density at radius 1 is 1.32 bits per heavy atom. The molecule has 3 amide bonds. The summed E-state index contributed by atoms with van der Waals surface area (Å²) in [7, 11) is 0. The zero-order valence-corrected chi connectivity index (χ0v) is 13.4. The minimum Gasteiger partial charge on any atom is -0.508 e. The van der Waals surface area contributed by atoms with E-state index in [4.69, 9.17) is 0 Å². The number of carboxylic acids is 1. The first kappa shape index (κ1) is 16.7. The molecule has 1 aromatic carbocycles. The number of carbonyl (C=O) groups excluding carboxylic acids is 3. The Kier molecular flexibility index (Phi) is 4.07. The lowest BCUT2D eigenvalue weighted by atomic mass is 9.96. The third-order valence-electron chi connectivity index (χ3n) is 4.42. The highest BCUT2D eigenvalue weighted by atomic mass is 16.4. The summed E-state index contributed by atoms with van der Waals surface area (Å²) in [6, 6.07) is 4.80. The minimum absolute atomic E-state index is 0.0241. The van der Waals surface area contributed by atoms with E-state index in [1.165, 1.54) is 19.1 Å². The second-order valence-corrected chi connectivity index (χ2v) is 6.09. The van der Waals surface area contributed by atoms with Gasteiger partial charge < -0.3 is 25.3 Å². The fourth-order valence-electron chi connectivity index (χ4n) is 3.30. The lowest BCUT2D eigenvalue weighted by molar-refractivity contribution is -0.165. The maximum Gasteiger partial charge on any atom is 0.347 e. The summed E-state index contributed by atoms with van der Waals surface area (Å²) in [6.45, 7) is 1.30. The van der Waals surface area contributed by atoms with E-state index in [9.17, 15) is 29.4 Å². The summed E-state index contributed by atoms with van der Waals surface area (Å²) in [5.74, 6) is -2.63. The standard InChI is InChI=1S/C16H17N3O6/c1-8(20)18-7-11-13(15(23)19(11)14(18)16(24)25)17-12(22)6-9-3-2-4-10(21)5-9/h2-5,11,13-14,21H,6-7H2,1H3,(H,17,22)(H,24,25)/t11?,13-,14?/m0/s1. The summed E-state index contributed by atoms with van der Waals surface area (Å²) in [5, 5.41) is 21.3. The van der Waals surface area contributed by atoms with Crippen LogP contribution in [0.1, 0.15) is 12.5 Å². The maximum absolute atomic E-state index is 12.2. The molecule has 2 aliphatic heterocycles. The van der Waals surface area contributed by atoms with Crippen molar-refractivity contribution in [2.75, 3.05) is 6.54 Å². The first-order chi connectivity index (χ1) is 11.8. The molecule has 1 aromatic rings. The fraction of sp³-hybridized carbons (Fsp3) is 0.375. The van der Waals surface area contributed by atoms with Gasteiger partial charge in [-0.2, -0.15) is 0 Å². The molecule has 2 unspecified atom stereocenters. The first-order valence-corrected chi connectivity index (χ1v) is 7.69. The van der Waals surface area contributed by atoms with Crippen LogP contribution in [-0.2, 0) is 25.6 Å². The number of carbonyl (C=O) groups is 4. The zero-order valence-electron chi connectivity index (χ0n) is 13.4. The van der Waals surface area contributed by atoms with Crippen LogP contribution in [0.3, 0.4) is 0 Å². The van der Waals surface area contributed by atoms with Crippen molar-refractivity contribution in [1.82, 2.24) is 15.1 Å². The van der Waals surface area contributed by atoms with Crippen LogP contribution in [-0.4, -0.2) is 68.5 Å². The van der Waals surface area contributed by atoms with Gasteiger partial charge in [-0.1, -0.05) is 12.1 Å². The van der Waals surface area contributed by atoms with Gasteiger partial charge in [0, 0.05) is 13.5 Å². The van der Waals surface area contributed by atoms with Crippen molar-refractivity contribution >= 4 is 23.7 Å². The number of phenolic OH excluding ortho intramolecular Hbond substituents is 1. The first-order valence-electron chi connectivity index (χ1n) is 7.69. The van der Waals surface area contributed by atoms with Gasteiger partial charge in [0.15, 0.2) is 0 Å². The molecule has 132 valence electrons. The summed E-state index contributed by atoms with van der Waals surface area (Å²) < 4.78 is 0. The molecule has 25 heavy (non-hydrogen) atoms. The molecule has 0 bridgehead atoms. The van der Waals surface area contributed by atoms with Gasteiger partial charge in [0.25, 0.3) is 0 Å². The number of fused-ring (bicyclic) bond motifs is 1. The van der Waals surface area contributed by atoms with Crippen molar-refractivity contribution in [3.8, 4) is 5.75 Å². The number of aromatic hydroxyl groups is 1. The van der Waals surface area contributed by atoms with Gasteiger partial charge >= 0.3 is 5.97 Å². The molecule has 3 rings (SSSR count). The molecular formula is C16H17N3O6. The third-order valence-corrected chi connectivity index (χ3v) is 4.42. The second-order valence-electron chi connectivity index (χ2n) is 6.09. The molecule has 2 heterocycles. The van der Waals surface area contributed by atoms with Gasteiger partial charge in [-0.25, -0.2) is 4.79 Å². The zero-order chi connectivity index (χ0) is 18.3. The average Bonchev–Trinajstić information content (AvgIpc) is 2.89. The number of hydrogen-bond donors (Lipinski definition) is 3. The molecule has 9 nitrogen and oxygen atoms in total. The summed E-state index contributed by atoms with van der Waals surface area (Å²) >= 11 is 0. The Hall–Kier alpha value is -3.10. The van der Waals surface area contributed by atoms with Crippen molar-refractivity contribution in [3.05, 3.63) is 29.8 Å². The molecule has 2 aliphatic rings. The number of nitrogens with one attached hydrogen (secondary N) is 1. The summed E-state index contributed by atoms with van der Waals surface area (Å²) in [5.41, 5.74) is 0.585. The van der Waals surface area contributed by atoms with Crippen LogP contribution in [0, 0.1) is 0 Å². The smallest absolute Gasteiger partial charge is 0.347 e. The van der Waals surface area contributed by atoms with Crippen LogP contribution in [0.15, 0.2) is 24.3 Å². The summed E-state index contributed by atoms with van der Waals surface area (Å²) in [4.78, 5) is 49.5. The van der Waals surface area contributed by atoms with E-state index in [-0.39, 0.29) is 18.7 Å². The van der Waals surface area contributed by atoms with Gasteiger partial charge in [-0.15, -0.1) is 0 Å². The molecule has 3 N–H and O–H groups in total. The third kappa shape index (κ3) is 2.88. The number of aliphatic carboxylic acids is 1. The van der Waals surface area contributed by atoms with E-state index in [1.54, 1.807) is 12.1 Å². The second kappa shape index (κ2) is 6.08. The van der Waals surface area contributed by atoms with Gasteiger partial charge in [0.1, 0.15) is 11.8 Å². The predicted molar refractivity (Wildman–Crippen MR) is 83.2 cm³/mol. The molecule has 2 fully saturated rings. The monoisotopic (exact) mass is 347 g/mol. The Labute approximate surface area is 142 Å². The summed E-state index contributed by atoms with van der Waals surface area (Å²) in [6.07, 6.45) is -1.35. The van der Waals surface area contributed by atoms with Crippen molar-refractivity contribution in [2.24, 2.45) is 0 Å². The van der Waals surface area contributed by atoms with Crippen molar-refractivity contribution in [1.29, 1.82) is 0 Å². The topological polar surface area (TPSA) is 127 Å². The highest BCUT2D eigenvalue weighted by Gasteiger charge is 2.60. The van der Waals surface area contributed by atoms with Crippen molar-refractivity contribution in [2.45, 2.75) is 31.6 Å². The average molecular weight is 347 g/mol. The van der Waals surface area contributed by atoms with Crippen LogP contribution in [0.4, 0.5) is 0 Å². The lowest BCUT2D eigenvalue weighted by Crippen LogP contribution is -2.71. The quantitative estimate of drug-likeness (QED) is 0.594. The molecule has 3 atom stereocenters. The molecule has 2 saturated heterocycles. The van der Waals surface area contributed by atoms with Gasteiger partial charge in [0.05, 0.1) is 12.5 Å². The number of carboxylic acid groups (broad SMARTS) is 1. The van der Waals surface area contributed by atoms with Gasteiger partial charge in [-0.3, -0.25) is 14.4 Å².